The predicted octanol–water partition coefficient (Wildman–Crippen LogP) is 0.692. The second-order valence-electron chi connectivity index (χ2n) is 5.89. The van der Waals surface area contributed by atoms with Gasteiger partial charge in [0, 0.05) is 44.3 Å². The summed E-state index contributed by atoms with van der Waals surface area (Å²) < 4.78 is 5.35. The van der Waals surface area contributed by atoms with Gasteiger partial charge in [-0.2, -0.15) is 0 Å². The monoisotopic (exact) mass is 289 g/mol. The van der Waals surface area contributed by atoms with Crippen molar-refractivity contribution in [2.75, 3.05) is 39.4 Å². The lowest BCUT2D eigenvalue weighted by molar-refractivity contribution is 0.0342. The quantitative estimate of drug-likeness (QED) is 0.889. The standard InChI is InChI=1S/C16H23N3O2/c17-15-5-6-19(12-15)16(20)14-3-1-13(2-4-14)11-18-7-9-21-10-8-18/h1-4,15H,5-12,17H2. The molecule has 5 nitrogen and oxygen atoms in total. The molecule has 0 aromatic heterocycles. The average Bonchev–Trinajstić information content (AvgIpc) is 2.95. The van der Waals surface area contributed by atoms with E-state index in [9.17, 15) is 4.79 Å². The van der Waals surface area contributed by atoms with Crippen molar-refractivity contribution in [3.8, 4) is 0 Å². The van der Waals surface area contributed by atoms with Gasteiger partial charge in [-0.3, -0.25) is 9.69 Å². The Morgan fingerprint density at radius 2 is 1.90 bits per heavy atom. The van der Waals surface area contributed by atoms with E-state index in [-0.39, 0.29) is 11.9 Å². The van der Waals surface area contributed by atoms with Crippen LogP contribution in [0, 0.1) is 0 Å². The van der Waals surface area contributed by atoms with Crippen molar-refractivity contribution in [2.45, 2.75) is 19.0 Å². The molecule has 21 heavy (non-hydrogen) atoms. The maximum atomic E-state index is 12.3. The molecule has 0 spiro atoms. The van der Waals surface area contributed by atoms with E-state index in [1.165, 1.54) is 5.56 Å². The van der Waals surface area contributed by atoms with E-state index >= 15 is 0 Å². The van der Waals surface area contributed by atoms with E-state index in [1.807, 2.05) is 17.0 Å². The number of likely N-dealkylation sites (tertiary alicyclic amines) is 1. The minimum atomic E-state index is 0.0980. The fourth-order valence-electron chi connectivity index (χ4n) is 2.92. The Labute approximate surface area is 125 Å². The highest BCUT2D eigenvalue weighted by Gasteiger charge is 2.24. The van der Waals surface area contributed by atoms with Gasteiger partial charge in [0.15, 0.2) is 0 Å². The summed E-state index contributed by atoms with van der Waals surface area (Å²) in [5, 5.41) is 0. The average molecular weight is 289 g/mol. The van der Waals surface area contributed by atoms with Crippen molar-refractivity contribution >= 4 is 5.91 Å². The largest absolute Gasteiger partial charge is 0.379 e. The number of morpholine rings is 1. The molecule has 3 rings (SSSR count). The van der Waals surface area contributed by atoms with Crippen LogP contribution in [-0.4, -0.2) is 61.1 Å². The molecule has 1 aromatic carbocycles. The summed E-state index contributed by atoms with van der Waals surface area (Å²) >= 11 is 0. The molecule has 1 unspecified atom stereocenters. The number of carbonyl (C=O) groups is 1. The van der Waals surface area contributed by atoms with Crippen LogP contribution in [0.25, 0.3) is 0 Å². The van der Waals surface area contributed by atoms with Gasteiger partial charge in [0.1, 0.15) is 0 Å². The third-order valence-corrected chi connectivity index (χ3v) is 4.22. The molecule has 5 heteroatoms. The van der Waals surface area contributed by atoms with Crippen LogP contribution in [0.2, 0.25) is 0 Å². The van der Waals surface area contributed by atoms with E-state index in [4.69, 9.17) is 10.5 Å². The van der Waals surface area contributed by atoms with Gasteiger partial charge in [0.25, 0.3) is 5.91 Å². The number of benzene rings is 1. The first-order valence-corrected chi connectivity index (χ1v) is 7.66. The SMILES string of the molecule is NC1CCN(C(=O)c2ccc(CN3CCOCC3)cc2)C1. The smallest absolute Gasteiger partial charge is 0.253 e. The van der Waals surface area contributed by atoms with E-state index < -0.39 is 0 Å². The Kier molecular flexibility index (Phi) is 4.53. The van der Waals surface area contributed by atoms with Crippen LogP contribution >= 0.6 is 0 Å². The molecule has 2 aliphatic rings. The molecule has 2 aliphatic heterocycles. The first kappa shape index (κ1) is 14.5. The third-order valence-electron chi connectivity index (χ3n) is 4.22. The lowest BCUT2D eigenvalue weighted by Crippen LogP contribution is -2.35. The van der Waals surface area contributed by atoms with Gasteiger partial charge in [-0.05, 0) is 24.1 Å². The summed E-state index contributed by atoms with van der Waals surface area (Å²) in [6.07, 6.45) is 0.904. The van der Waals surface area contributed by atoms with Gasteiger partial charge >= 0.3 is 0 Å². The Bertz CT molecular complexity index is 483. The van der Waals surface area contributed by atoms with Gasteiger partial charge in [-0.25, -0.2) is 0 Å². The highest BCUT2D eigenvalue weighted by molar-refractivity contribution is 5.94. The molecule has 2 fully saturated rings. The molecule has 0 aliphatic carbocycles. The molecule has 0 saturated carbocycles. The zero-order chi connectivity index (χ0) is 14.7. The van der Waals surface area contributed by atoms with Crippen LogP contribution in [0.1, 0.15) is 22.3 Å². The van der Waals surface area contributed by atoms with Crippen molar-refractivity contribution in [2.24, 2.45) is 5.73 Å². The van der Waals surface area contributed by atoms with Gasteiger partial charge in [-0.15, -0.1) is 0 Å². The number of nitrogens with zero attached hydrogens (tertiary/aromatic N) is 2. The van der Waals surface area contributed by atoms with Crippen LogP contribution in [0.15, 0.2) is 24.3 Å². The summed E-state index contributed by atoms with van der Waals surface area (Å²) in [7, 11) is 0. The lowest BCUT2D eigenvalue weighted by atomic mass is 10.1. The minimum Gasteiger partial charge on any atom is -0.379 e. The highest BCUT2D eigenvalue weighted by atomic mass is 16.5. The maximum absolute atomic E-state index is 12.3. The van der Waals surface area contributed by atoms with Gasteiger partial charge in [-0.1, -0.05) is 12.1 Å². The Balaban J connectivity index is 1.59. The predicted molar refractivity (Wildman–Crippen MR) is 81.0 cm³/mol. The fourth-order valence-corrected chi connectivity index (χ4v) is 2.92. The molecule has 1 atom stereocenters. The molecule has 2 heterocycles. The van der Waals surface area contributed by atoms with Crippen molar-refractivity contribution in [1.29, 1.82) is 0 Å². The third kappa shape index (κ3) is 3.61. The molecule has 114 valence electrons. The number of amides is 1. The van der Waals surface area contributed by atoms with E-state index in [0.29, 0.717) is 6.54 Å². The van der Waals surface area contributed by atoms with Crippen molar-refractivity contribution < 1.29 is 9.53 Å². The summed E-state index contributed by atoms with van der Waals surface area (Å²) in [6.45, 7) is 5.95. The molecule has 0 radical (unpaired) electrons. The highest BCUT2D eigenvalue weighted by Crippen LogP contribution is 2.14. The molecule has 2 N–H and O–H groups in total. The fraction of sp³-hybridized carbons (Fsp3) is 0.562. The molecule has 1 amide bonds. The molecule has 1 aromatic rings. The number of rotatable bonds is 3. The first-order valence-electron chi connectivity index (χ1n) is 7.66. The Morgan fingerprint density at radius 3 is 2.52 bits per heavy atom. The normalized spacial score (nSPS) is 23.5. The van der Waals surface area contributed by atoms with E-state index in [2.05, 4.69) is 17.0 Å². The maximum Gasteiger partial charge on any atom is 0.253 e. The second-order valence-corrected chi connectivity index (χ2v) is 5.89. The number of nitrogens with two attached hydrogens (primary N) is 1. The number of hydrogen-bond donors (Lipinski definition) is 1. The summed E-state index contributed by atoms with van der Waals surface area (Å²) in [5.41, 5.74) is 7.86. The van der Waals surface area contributed by atoms with Gasteiger partial charge < -0.3 is 15.4 Å². The van der Waals surface area contributed by atoms with Crippen LogP contribution in [-0.2, 0) is 11.3 Å². The first-order chi connectivity index (χ1) is 10.2. The molecule has 2 saturated heterocycles. The van der Waals surface area contributed by atoms with Gasteiger partial charge in [0.2, 0.25) is 0 Å². The van der Waals surface area contributed by atoms with E-state index in [1.54, 1.807) is 0 Å². The van der Waals surface area contributed by atoms with Crippen molar-refractivity contribution in [3.05, 3.63) is 35.4 Å². The minimum absolute atomic E-state index is 0.0980. The van der Waals surface area contributed by atoms with E-state index in [0.717, 1.165) is 51.4 Å². The topological polar surface area (TPSA) is 58.8 Å². The summed E-state index contributed by atoms with van der Waals surface area (Å²) in [4.78, 5) is 16.6. The lowest BCUT2D eigenvalue weighted by Gasteiger charge is -2.26. The van der Waals surface area contributed by atoms with Crippen LogP contribution < -0.4 is 5.73 Å². The summed E-state index contributed by atoms with van der Waals surface area (Å²) in [6, 6.07) is 8.11. The Hall–Kier alpha value is -1.43. The zero-order valence-electron chi connectivity index (χ0n) is 12.3. The second kappa shape index (κ2) is 6.56. The number of carbonyl (C=O) groups excluding carboxylic acids is 1. The number of hydrogen-bond acceptors (Lipinski definition) is 4. The zero-order valence-corrected chi connectivity index (χ0v) is 12.3. The van der Waals surface area contributed by atoms with Crippen molar-refractivity contribution in [3.63, 3.8) is 0 Å². The van der Waals surface area contributed by atoms with Crippen LogP contribution in [0.3, 0.4) is 0 Å². The molecular formula is C16H23N3O2. The summed E-state index contributed by atoms with van der Waals surface area (Å²) in [5.74, 6) is 0.0980. The molecular weight excluding hydrogens is 266 g/mol. The van der Waals surface area contributed by atoms with Gasteiger partial charge in [0.05, 0.1) is 13.2 Å². The van der Waals surface area contributed by atoms with Crippen LogP contribution in [0.4, 0.5) is 0 Å². The van der Waals surface area contributed by atoms with Crippen molar-refractivity contribution in [1.82, 2.24) is 9.80 Å². The molecule has 0 bridgehead atoms. The Morgan fingerprint density at radius 1 is 1.19 bits per heavy atom. The number of ether oxygens (including phenoxy) is 1. The van der Waals surface area contributed by atoms with Crippen LogP contribution in [0.5, 0.6) is 0 Å².